The van der Waals surface area contributed by atoms with E-state index in [0.717, 1.165) is 5.56 Å². The Hall–Kier alpha value is -2.58. The molecule has 2 N–H and O–H groups in total. The van der Waals surface area contributed by atoms with E-state index in [1.165, 1.54) is 19.2 Å². The molecule has 0 aliphatic carbocycles. The van der Waals surface area contributed by atoms with Crippen LogP contribution in [0.1, 0.15) is 12.0 Å². The lowest BCUT2D eigenvalue weighted by Crippen LogP contribution is -2.30. The summed E-state index contributed by atoms with van der Waals surface area (Å²) in [6.45, 7) is 0.320. The number of rotatable bonds is 9. The predicted molar refractivity (Wildman–Crippen MR) is 97.6 cm³/mol. The molecule has 2 aromatic rings. The molecule has 0 aliphatic heterocycles. The smallest absolute Gasteiger partial charge is 0.240 e. The normalized spacial score (nSPS) is 11.0. The molecule has 0 bridgehead atoms. The summed E-state index contributed by atoms with van der Waals surface area (Å²) in [6.07, 6.45) is 0.0323. The van der Waals surface area contributed by atoms with Gasteiger partial charge in [0, 0.05) is 25.1 Å². The van der Waals surface area contributed by atoms with Crippen molar-refractivity contribution in [3.63, 3.8) is 0 Å². The molecule has 0 aliphatic rings. The number of benzene rings is 2. The third kappa shape index (κ3) is 5.47. The lowest BCUT2D eigenvalue weighted by molar-refractivity contribution is -0.121. The van der Waals surface area contributed by atoms with Gasteiger partial charge in [-0.1, -0.05) is 18.2 Å². The molecule has 0 unspecified atom stereocenters. The molecule has 0 radical (unpaired) electrons. The number of nitrogens with one attached hydrogen (secondary N) is 2. The van der Waals surface area contributed by atoms with E-state index in [9.17, 15) is 13.2 Å². The van der Waals surface area contributed by atoms with Gasteiger partial charge < -0.3 is 14.8 Å². The number of hydrogen-bond donors (Lipinski definition) is 2. The highest BCUT2D eigenvalue weighted by molar-refractivity contribution is 7.89. The van der Waals surface area contributed by atoms with Crippen molar-refractivity contribution in [2.45, 2.75) is 17.9 Å². The number of para-hydroxylation sites is 1. The van der Waals surface area contributed by atoms with E-state index in [1.54, 1.807) is 19.2 Å². The van der Waals surface area contributed by atoms with E-state index >= 15 is 0 Å². The van der Waals surface area contributed by atoms with E-state index in [0.29, 0.717) is 18.0 Å². The number of methoxy groups -OCH3 is 2. The van der Waals surface area contributed by atoms with Gasteiger partial charge in [0.15, 0.2) is 0 Å². The quantitative estimate of drug-likeness (QED) is 0.693. The van der Waals surface area contributed by atoms with E-state index in [4.69, 9.17) is 9.47 Å². The highest BCUT2D eigenvalue weighted by Gasteiger charge is 2.14. The summed E-state index contributed by atoms with van der Waals surface area (Å²) in [5.41, 5.74) is 0.849. The van der Waals surface area contributed by atoms with Gasteiger partial charge >= 0.3 is 0 Å². The van der Waals surface area contributed by atoms with Crippen molar-refractivity contribution < 1.29 is 22.7 Å². The van der Waals surface area contributed by atoms with Gasteiger partial charge in [-0.25, -0.2) is 13.1 Å². The molecule has 8 heteroatoms. The standard InChI is InChI=1S/C18H22N2O5S/c1-24-15-7-9-16(10-8-15)26(22,23)20-12-11-18(21)19-13-14-5-3-4-6-17(14)25-2/h3-10,20H,11-13H2,1-2H3,(H,19,21). The average molecular weight is 378 g/mol. The third-order valence-corrected chi connectivity index (χ3v) is 5.16. The molecule has 26 heavy (non-hydrogen) atoms. The Morgan fingerprint density at radius 2 is 1.69 bits per heavy atom. The zero-order valence-electron chi connectivity index (χ0n) is 14.7. The van der Waals surface area contributed by atoms with Crippen molar-refractivity contribution in [1.82, 2.24) is 10.0 Å². The van der Waals surface area contributed by atoms with Crippen molar-refractivity contribution in [2.24, 2.45) is 0 Å². The van der Waals surface area contributed by atoms with Crippen LogP contribution in [-0.4, -0.2) is 35.1 Å². The Balaban J connectivity index is 1.81. The second kappa shape index (κ2) is 9.21. The Kier molecular flexibility index (Phi) is 6.99. The summed E-state index contributed by atoms with van der Waals surface area (Å²) >= 11 is 0. The van der Waals surface area contributed by atoms with Gasteiger partial charge in [-0.2, -0.15) is 0 Å². The molecule has 0 saturated heterocycles. The largest absolute Gasteiger partial charge is 0.497 e. The Morgan fingerprint density at radius 3 is 2.35 bits per heavy atom. The van der Waals surface area contributed by atoms with Crippen LogP contribution in [0.2, 0.25) is 0 Å². The molecule has 1 amide bonds. The summed E-state index contributed by atoms with van der Waals surface area (Å²) in [7, 11) is -0.595. The van der Waals surface area contributed by atoms with Crippen LogP contribution in [0.4, 0.5) is 0 Å². The van der Waals surface area contributed by atoms with Crippen molar-refractivity contribution >= 4 is 15.9 Å². The lowest BCUT2D eigenvalue weighted by Gasteiger charge is -2.10. The highest BCUT2D eigenvalue weighted by Crippen LogP contribution is 2.17. The first kappa shape index (κ1) is 19.7. The summed E-state index contributed by atoms with van der Waals surface area (Å²) in [5, 5.41) is 2.74. The number of hydrogen-bond acceptors (Lipinski definition) is 5. The minimum Gasteiger partial charge on any atom is -0.497 e. The van der Waals surface area contributed by atoms with Crippen LogP contribution >= 0.6 is 0 Å². The molecule has 2 rings (SSSR count). The van der Waals surface area contributed by atoms with E-state index in [2.05, 4.69) is 10.0 Å². The van der Waals surface area contributed by atoms with Crippen LogP contribution in [0.3, 0.4) is 0 Å². The van der Waals surface area contributed by atoms with Crippen molar-refractivity contribution in [2.75, 3.05) is 20.8 Å². The van der Waals surface area contributed by atoms with E-state index < -0.39 is 10.0 Å². The molecule has 0 fully saturated rings. The molecule has 0 heterocycles. The molecule has 0 aromatic heterocycles. The molecule has 0 saturated carbocycles. The minimum absolute atomic E-state index is 0.00607. The number of amides is 1. The molecule has 0 atom stereocenters. The zero-order chi connectivity index (χ0) is 19.0. The van der Waals surface area contributed by atoms with Crippen LogP contribution < -0.4 is 19.5 Å². The van der Waals surface area contributed by atoms with Gasteiger partial charge in [0.25, 0.3) is 0 Å². The molecule has 7 nitrogen and oxygen atoms in total. The molecular formula is C18H22N2O5S. The van der Waals surface area contributed by atoms with Crippen molar-refractivity contribution in [3.05, 3.63) is 54.1 Å². The van der Waals surface area contributed by atoms with Gasteiger partial charge in [0.1, 0.15) is 11.5 Å². The molecule has 2 aromatic carbocycles. The Labute approximate surface area is 153 Å². The number of carbonyl (C=O) groups excluding carboxylic acids is 1. The van der Waals surface area contributed by atoms with Crippen LogP contribution in [0.25, 0.3) is 0 Å². The Morgan fingerprint density at radius 1 is 1.00 bits per heavy atom. The van der Waals surface area contributed by atoms with Crippen LogP contribution in [0.15, 0.2) is 53.4 Å². The summed E-state index contributed by atoms with van der Waals surface area (Å²) < 4.78 is 37.0. The summed E-state index contributed by atoms with van der Waals surface area (Å²) in [4.78, 5) is 12.0. The molecule has 140 valence electrons. The second-order valence-electron chi connectivity index (χ2n) is 5.41. The maximum Gasteiger partial charge on any atom is 0.240 e. The van der Waals surface area contributed by atoms with E-state index in [-0.39, 0.29) is 23.8 Å². The fourth-order valence-corrected chi connectivity index (χ4v) is 3.30. The number of sulfonamides is 1. The van der Waals surface area contributed by atoms with Crippen LogP contribution in [0, 0.1) is 0 Å². The highest BCUT2D eigenvalue weighted by atomic mass is 32.2. The summed E-state index contributed by atoms with van der Waals surface area (Å²) in [5.74, 6) is 1.00. The fraction of sp³-hybridized carbons (Fsp3) is 0.278. The first-order valence-electron chi connectivity index (χ1n) is 7.98. The minimum atomic E-state index is -3.66. The van der Waals surface area contributed by atoms with Crippen molar-refractivity contribution in [1.29, 1.82) is 0 Å². The monoisotopic (exact) mass is 378 g/mol. The van der Waals surface area contributed by atoms with Crippen LogP contribution in [-0.2, 0) is 21.4 Å². The first-order chi connectivity index (χ1) is 12.5. The topological polar surface area (TPSA) is 93.7 Å². The number of ether oxygens (including phenoxy) is 2. The van der Waals surface area contributed by atoms with Gasteiger partial charge in [0.2, 0.25) is 15.9 Å². The third-order valence-electron chi connectivity index (χ3n) is 3.68. The van der Waals surface area contributed by atoms with Gasteiger partial charge in [-0.05, 0) is 30.3 Å². The molecular weight excluding hydrogens is 356 g/mol. The molecule has 0 spiro atoms. The lowest BCUT2D eigenvalue weighted by atomic mass is 10.2. The van der Waals surface area contributed by atoms with Gasteiger partial charge in [0.05, 0.1) is 19.1 Å². The van der Waals surface area contributed by atoms with Crippen molar-refractivity contribution in [3.8, 4) is 11.5 Å². The van der Waals surface area contributed by atoms with Crippen LogP contribution in [0.5, 0.6) is 11.5 Å². The maximum absolute atomic E-state index is 12.2. The zero-order valence-corrected chi connectivity index (χ0v) is 15.5. The predicted octanol–water partition coefficient (Wildman–Crippen LogP) is 1.69. The second-order valence-corrected chi connectivity index (χ2v) is 7.18. The number of carbonyl (C=O) groups is 1. The van der Waals surface area contributed by atoms with E-state index in [1.807, 2.05) is 24.3 Å². The summed E-state index contributed by atoms with van der Waals surface area (Å²) in [6, 6.07) is 13.4. The maximum atomic E-state index is 12.2. The fourth-order valence-electron chi connectivity index (χ4n) is 2.27. The van der Waals surface area contributed by atoms with Gasteiger partial charge in [-0.3, -0.25) is 4.79 Å². The first-order valence-corrected chi connectivity index (χ1v) is 9.47. The Bertz CT molecular complexity index is 835. The average Bonchev–Trinajstić information content (AvgIpc) is 2.66. The van der Waals surface area contributed by atoms with Gasteiger partial charge in [-0.15, -0.1) is 0 Å². The SMILES string of the molecule is COc1ccc(S(=O)(=O)NCCC(=O)NCc2ccccc2OC)cc1.